The second-order valence-corrected chi connectivity index (χ2v) is 8.72. The van der Waals surface area contributed by atoms with Gasteiger partial charge in [-0.1, -0.05) is 18.2 Å². The number of phenolic OH excluding ortho intramolecular Hbond substituents is 2. The van der Waals surface area contributed by atoms with Gasteiger partial charge >= 0.3 is 0 Å². The van der Waals surface area contributed by atoms with Gasteiger partial charge in [-0.25, -0.2) is 0 Å². The van der Waals surface area contributed by atoms with Crippen LogP contribution in [0.25, 0.3) is 0 Å². The minimum absolute atomic E-state index is 0.161. The van der Waals surface area contributed by atoms with Crippen molar-refractivity contribution < 1.29 is 15.0 Å². The molecule has 2 aromatic carbocycles. The molecule has 2 aromatic rings. The number of hydrogen-bond acceptors (Lipinski definition) is 4. The van der Waals surface area contributed by atoms with Gasteiger partial charge in [-0.05, 0) is 67.4 Å². The normalized spacial score (nSPS) is 29.3. The Kier molecular flexibility index (Phi) is 3.91. The van der Waals surface area contributed by atoms with E-state index in [4.69, 9.17) is 0 Å². The molecule has 3 atom stereocenters. The van der Waals surface area contributed by atoms with Crippen molar-refractivity contribution in [3.05, 3.63) is 59.2 Å². The van der Waals surface area contributed by atoms with E-state index < -0.39 is 0 Å². The van der Waals surface area contributed by atoms with Crippen molar-refractivity contribution in [2.75, 3.05) is 20.1 Å². The Morgan fingerprint density at radius 3 is 2.64 bits per heavy atom. The summed E-state index contributed by atoms with van der Waals surface area (Å²) >= 11 is 0. The summed E-state index contributed by atoms with van der Waals surface area (Å²) < 4.78 is 0. The number of benzene rings is 2. The number of piperidine rings is 2. The topological polar surface area (TPSA) is 64.0 Å². The van der Waals surface area contributed by atoms with Crippen molar-refractivity contribution in [3.8, 4) is 11.5 Å². The van der Waals surface area contributed by atoms with Crippen LogP contribution in [0, 0.1) is 5.92 Å². The SMILES string of the molecule is CN1CC[C@]23CC(=O)N(Cc4ccc(O)cc4)C[C@H]2[C@H]1Cc1ccc(O)cc13. The highest BCUT2D eigenvalue weighted by Crippen LogP contribution is 2.53. The summed E-state index contributed by atoms with van der Waals surface area (Å²) in [6, 6.07) is 13.3. The Labute approximate surface area is 165 Å². The highest BCUT2D eigenvalue weighted by atomic mass is 16.3. The highest BCUT2D eigenvalue weighted by Gasteiger charge is 2.56. The van der Waals surface area contributed by atoms with Gasteiger partial charge in [-0.3, -0.25) is 4.79 Å². The fourth-order valence-corrected chi connectivity index (χ4v) is 5.77. The zero-order valence-electron chi connectivity index (χ0n) is 16.1. The molecule has 0 unspecified atom stereocenters. The van der Waals surface area contributed by atoms with Gasteiger partial charge in [0.05, 0.1) is 0 Å². The first-order chi connectivity index (χ1) is 13.5. The van der Waals surface area contributed by atoms with Crippen LogP contribution >= 0.6 is 0 Å². The Morgan fingerprint density at radius 1 is 1.11 bits per heavy atom. The van der Waals surface area contributed by atoms with E-state index >= 15 is 0 Å². The van der Waals surface area contributed by atoms with Crippen molar-refractivity contribution in [1.82, 2.24) is 9.80 Å². The lowest BCUT2D eigenvalue weighted by Gasteiger charge is -2.59. The van der Waals surface area contributed by atoms with E-state index in [9.17, 15) is 15.0 Å². The fourth-order valence-electron chi connectivity index (χ4n) is 5.77. The summed E-state index contributed by atoms with van der Waals surface area (Å²) in [6.07, 6.45) is 2.44. The molecular formula is C23H26N2O3. The Morgan fingerprint density at radius 2 is 1.86 bits per heavy atom. The fraction of sp³-hybridized carbons (Fsp3) is 0.435. The molecule has 0 aromatic heterocycles. The third-order valence-corrected chi connectivity index (χ3v) is 7.26. The van der Waals surface area contributed by atoms with Crippen molar-refractivity contribution in [1.29, 1.82) is 0 Å². The zero-order valence-corrected chi connectivity index (χ0v) is 16.1. The summed E-state index contributed by atoms with van der Waals surface area (Å²) in [7, 11) is 2.20. The largest absolute Gasteiger partial charge is 0.508 e. The molecule has 2 aliphatic heterocycles. The van der Waals surface area contributed by atoms with Crippen LogP contribution in [0.2, 0.25) is 0 Å². The first-order valence-electron chi connectivity index (χ1n) is 10.0. The molecule has 2 N–H and O–H groups in total. The van der Waals surface area contributed by atoms with E-state index in [1.54, 1.807) is 18.2 Å². The Bertz CT molecular complexity index is 926. The number of likely N-dealkylation sites (tertiary alicyclic amines) is 2. The first-order valence-corrected chi connectivity index (χ1v) is 10.0. The minimum atomic E-state index is -0.161. The monoisotopic (exact) mass is 378 g/mol. The van der Waals surface area contributed by atoms with Gasteiger partial charge in [-0.15, -0.1) is 0 Å². The number of fused-ring (bicyclic) bond motifs is 1. The molecule has 1 aliphatic carbocycles. The molecule has 2 fully saturated rings. The lowest BCUT2D eigenvalue weighted by molar-refractivity contribution is -0.144. The van der Waals surface area contributed by atoms with E-state index in [1.807, 2.05) is 29.2 Å². The van der Waals surface area contributed by atoms with Crippen LogP contribution in [-0.2, 0) is 23.2 Å². The van der Waals surface area contributed by atoms with E-state index in [0.29, 0.717) is 30.7 Å². The second-order valence-electron chi connectivity index (χ2n) is 8.72. The third-order valence-electron chi connectivity index (χ3n) is 7.26. The molecule has 2 bridgehead atoms. The van der Waals surface area contributed by atoms with Crippen molar-refractivity contribution in [2.24, 2.45) is 5.92 Å². The molecular weight excluding hydrogens is 352 g/mol. The van der Waals surface area contributed by atoms with Gasteiger partial charge in [0.2, 0.25) is 5.91 Å². The van der Waals surface area contributed by atoms with Gasteiger partial charge in [0.25, 0.3) is 0 Å². The maximum atomic E-state index is 13.2. The summed E-state index contributed by atoms with van der Waals surface area (Å²) in [5.41, 5.74) is 3.35. The average Bonchev–Trinajstić information content (AvgIpc) is 2.68. The van der Waals surface area contributed by atoms with Gasteiger partial charge in [0, 0.05) is 36.9 Å². The number of amides is 1. The van der Waals surface area contributed by atoms with Gasteiger partial charge in [-0.2, -0.15) is 0 Å². The van der Waals surface area contributed by atoms with Crippen molar-refractivity contribution in [2.45, 2.75) is 37.3 Å². The van der Waals surface area contributed by atoms with Crippen LogP contribution in [0.3, 0.4) is 0 Å². The number of nitrogens with zero attached hydrogens (tertiary/aromatic N) is 2. The van der Waals surface area contributed by atoms with E-state index in [-0.39, 0.29) is 17.1 Å². The molecule has 5 heteroatoms. The number of carbonyl (C=O) groups is 1. The lowest BCUT2D eigenvalue weighted by atomic mass is 9.54. The van der Waals surface area contributed by atoms with E-state index in [1.165, 1.54) is 11.1 Å². The first kappa shape index (κ1) is 17.6. The molecule has 2 saturated heterocycles. The highest BCUT2D eigenvalue weighted by molar-refractivity contribution is 5.80. The number of rotatable bonds is 2. The molecule has 2 heterocycles. The van der Waals surface area contributed by atoms with Crippen LogP contribution in [-0.4, -0.2) is 52.1 Å². The average molecular weight is 378 g/mol. The number of hydrogen-bond donors (Lipinski definition) is 2. The van der Waals surface area contributed by atoms with E-state index in [0.717, 1.165) is 31.5 Å². The second kappa shape index (κ2) is 6.24. The lowest BCUT2D eigenvalue weighted by Crippen LogP contribution is -2.65. The van der Waals surface area contributed by atoms with Crippen LogP contribution in [0.15, 0.2) is 42.5 Å². The predicted octanol–water partition coefficient (Wildman–Crippen LogP) is 2.64. The summed E-state index contributed by atoms with van der Waals surface area (Å²) in [5, 5.41) is 19.6. The van der Waals surface area contributed by atoms with Gasteiger partial charge in [0.1, 0.15) is 11.5 Å². The number of carbonyl (C=O) groups excluding carboxylic acids is 1. The Balaban J connectivity index is 1.51. The quantitative estimate of drug-likeness (QED) is 0.843. The molecule has 5 rings (SSSR count). The summed E-state index contributed by atoms with van der Waals surface area (Å²) in [4.78, 5) is 17.6. The summed E-state index contributed by atoms with van der Waals surface area (Å²) in [6.45, 7) is 2.31. The maximum Gasteiger partial charge on any atom is 0.223 e. The van der Waals surface area contributed by atoms with E-state index in [2.05, 4.69) is 11.9 Å². The molecule has 0 radical (unpaired) electrons. The van der Waals surface area contributed by atoms with Crippen molar-refractivity contribution in [3.63, 3.8) is 0 Å². The van der Waals surface area contributed by atoms with Crippen LogP contribution < -0.4 is 0 Å². The van der Waals surface area contributed by atoms with Crippen LogP contribution in [0.1, 0.15) is 29.5 Å². The number of likely N-dealkylation sites (N-methyl/N-ethyl adjacent to an activating group) is 1. The molecule has 1 amide bonds. The third kappa shape index (κ3) is 2.60. The smallest absolute Gasteiger partial charge is 0.223 e. The molecule has 3 aliphatic rings. The van der Waals surface area contributed by atoms with Gasteiger partial charge < -0.3 is 20.0 Å². The predicted molar refractivity (Wildman–Crippen MR) is 106 cm³/mol. The molecule has 0 saturated carbocycles. The molecule has 0 spiro atoms. The molecule has 5 nitrogen and oxygen atoms in total. The maximum absolute atomic E-state index is 13.2. The van der Waals surface area contributed by atoms with Gasteiger partial charge in [0.15, 0.2) is 0 Å². The Hall–Kier alpha value is -2.53. The van der Waals surface area contributed by atoms with Crippen LogP contribution in [0.5, 0.6) is 11.5 Å². The zero-order chi connectivity index (χ0) is 19.5. The standard InChI is InChI=1S/C23H26N2O3/c1-24-9-8-23-12-22(28)25(13-15-2-5-17(26)6-3-15)14-20(23)21(24)10-16-4-7-18(27)11-19(16)23/h2-7,11,20-21,26-27H,8-10,12-14H2,1H3/t20-,21+,23+/m0/s1. The number of aromatic hydroxyl groups is 2. The van der Waals surface area contributed by atoms with Crippen LogP contribution in [0.4, 0.5) is 0 Å². The van der Waals surface area contributed by atoms with Crippen molar-refractivity contribution >= 4 is 5.91 Å². The minimum Gasteiger partial charge on any atom is -0.508 e. The molecule has 28 heavy (non-hydrogen) atoms. The number of phenols is 2. The summed E-state index contributed by atoms with van der Waals surface area (Å²) in [5.74, 6) is 1.09. The molecule has 146 valence electrons.